The summed E-state index contributed by atoms with van der Waals surface area (Å²) < 4.78 is 0. The molecule has 4 aromatic carbocycles. The molecule has 0 atom stereocenters. The molecule has 0 fully saturated rings. The van der Waals surface area contributed by atoms with Crippen molar-refractivity contribution in [1.82, 2.24) is 0 Å². The molecule has 0 nitrogen and oxygen atoms in total. The van der Waals surface area contributed by atoms with Crippen LogP contribution >= 0.6 is 0 Å². The summed E-state index contributed by atoms with van der Waals surface area (Å²) in [5, 5.41) is 0. The van der Waals surface area contributed by atoms with E-state index < -0.39 is 0 Å². The molecule has 3 aliphatic carbocycles. The molecular formula is C40H44. The Hall–Kier alpha value is -3.12. The third-order valence-electron chi connectivity index (χ3n) is 11.0. The molecule has 0 radical (unpaired) electrons. The minimum absolute atomic E-state index is 0.162. The van der Waals surface area contributed by atoms with Crippen LogP contribution in [-0.4, -0.2) is 0 Å². The predicted octanol–water partition coefficient (Wildman–Crippen LogP) is 11.4. The van der Waals surface area contributed by atoms with Gasteiger partial charge >= 0.3 is 0 Å². The highest BCUT2D eigenvalue weighted by Crippen LogP contribution is 2.56. The molecule has 0 heterocycles. The highest BCUT2D eigenvalue weighted by atomic mass is 14.4. The van der Waals surface area contributed by atoms with Gasteiger partial charge in [-0.05, 0) is 138 Å². The highest BCUT2D eigenvalue weighted by Gasteiger charge is 2.41. The first-order valence-electron chi connectivity index (χ1n) is 15.4. The molecule has 0 saturated heterocycles. The molecule has 0 bridgehead atoms. The number of hydrogen-bond acceptors (Lipinski definition) is 0. The second-order valence-electron chi connectivity index (χ2n) is 15.5. The van der Waals surface area contributed by atoms with E-state index >= 15 is 0 Å². The zero-order chi connectivity index (χ0) is 28.2. The van der Waals surface area contributed by atoms with Crippen molar-refractivity contribution in [3.05, 3.63) is 95.1 Å². The standard InChI is InChI=1S/C40H44/c1-37(2)17-19-39(5,6)35-23-31-29(21-33(35)37)27-15-11-9-13-25(27)26-14-10-12-16-28(26)30-22-34-36(24-32(30)31)40(7,8)20-18-38(34,3)4/h9-16,21-24H,17-20H2,1-8H3. The Morgan fingerprint density at radius 2 is 0.525 bits per heavy atom. The minimum atomic E-state index is 0.162. The van der Waals surface area contributed by atoms with Gasteiger partial charge in [0.2, 0.25) is 0 Å². The van der Waals surface area contributed by atoms with Crippen molar-refractivity contribution >= 4 is 0 Å². The molecule has 3 aliphatic rings. The average Bonchev–Trinajstić information content (AvgIpc) is 2.92. The molecule has 4 aromatic rings. The zero-order valence-corrected chi connectivity index (χ0v) is 25.8. The van der Waals surface area contributed by atoms with Crippen LogP contribution in [0.4, 0.5) is 0 Å². The molecule has 0 aliphatic heterocycles. The molecule has 40 heavy (non-hydrogen) atoms. The Morgan fingerprint density at radius 3 is 0.775 bits per heavy atom. The van der Waals surface area contributed by atoms with Crippen LogP contribution in [0.2, 0.25) is 0 Å². The van der Waals surface area contributed by atoms with Crippen molar-refractivity contribution in [2.45, 2.75) is 103 Å². The van der Waals surface area contributed by atoms with Crippen LogP contribution in [0.25, 0.3) is 44.5 Å². The van der Waals surface area contributed by atoms with Crippen LogP contribution < -0.4 is 0 Å². The molecule has 0 amide bonds. The lowest BCUT2D eigenvalue weighted by Crippen LogP contribution is -2.34. The maximum Gasteiger partial charge on any atom is -0.00957 e. The highest BCUT2D eigenvalue weighted by molar-refractivity contribution is 6.04. The fourth-order valence-corrected chi connectivity index (χ4v) is 8.02. The second kappa shape index (κ2) is 8.22. The molecule has 7 rings (SSSR count). The lowest BCUT2D eigenvalue weighted by Gasteiger charge is -2.44. The topological polar surface area (TPSA) is 0 Å². The van der Waals surface area contributed by atoms with Gasteiger partial charge in [-0.15, -0.1) is 0 Å². The maximum absolute atomic E-state index is 2.61. The Morgan fingerprint density at radius 1 is 0.325 bits per heavy atom. The molecule has 0 N–H and O–H groups in total. The maximum atomic E-state index is 2.61. The molecule has 0 unspecified atom stereocenters. The summed E-state index contributed by atoms with van der Waals surface area (Å²) in [5.74, 6) is 0. The van der Waals surface area contributed by atoms with Crippen molar-refractivity contribution in [2.24, 2.45) is 0 Å². The van der Waals surface area contributed by atoms with Gasteiger partial charge in [0.15, 0.2) is 0 Å². The SMILES string of the molecule is CC1(C)CCC(C)(C)c2cc3c(cc21)-c1ccccc1-c1ccccc1-c1cc2c(cc1-3)C(C)(C)CCC2(C)C. The van der Waals surface area contributed by atoms with E-state index in [2.05, 4.69) is 128 Å². The van der Waals surface area contributed by atoms with Crippen LogP contribution in [-0.2, 0) is 21.7 Å². The van der Waals surface area contributed by atoms with E-state index in [1.807, 2.05) is 0 Å². The van der Waals surface area contributed by atoms with Crippen LogP contribution in [0.15, 0.2) is 72.8 Å². The van der Waals surface area contributed by atoms with E-state index in [-0.39, 0.29) is 21.7 Å². The van der Waals surface area contributed by atoms with E-state index in [4.69, 9.17) is 0 Å². The van der Waals surface area contributed by atoms with Crippen molar-refractivity contribution in [3.8, 4) is 44.5 Å². The number of benzene rings is 4. The lowest BCUT2D eigenvalue weighted by atomic mass is 9.60. The van der Waals surface area contributed by atoms with E-state index in [1.54, 1.807) is 0 Å². The molecule has 204 valence electrons. The summed E-state index contributed by atoms with van der Waals surface area (Å²) >= 11 is 0. The van der Waals surface area contributed by atoms with Crippen LogP contribution in [0, 0.1) is 0 Å². The fraction of sp³-hybridized carbons (Fsp3) is 0.400. The van der Waals surface area contributed by atoms with Gasteiger partial charge in [0.25, 0.3) is 0 Å². The Balaban J connectivity index is 1.68. The van der Waals surface area contributed by atoms with E-state index in [9.17, 15) is 0 Å². The first-order valence-corrected chi connectivity index (χ1v) is 15.4. The second-order valence-corrected chi connectivity index (χ2v) is 15.5. The third-order valence-corrected chi connectivity index (χ3v) is 11.0. The van der Waals surface area contributed by atoms with Gasteiger partial charge in [0.1, 0.15) is 0 Å². The van der Waals surface area contributed by atoms with Gasteiger partial charge in [-0.3, -0.25) is 0 Å². The number of hydrogen-bond donors (Lipinski definition) is 0. The monoisotopic (exact) mass is 524 g/mol. The summed E-state index contributed by atoms with van der Waals surface area (Å²) in [6.07, 6.45) is 4.90. The van der Waals surface area contributed by atoms with Crippen molar-refractivity contribution in [1.29, 1.82) is 0 Å². The summed E-state index contributed by atoms with van der Waals surface area (Å²) in [4.78, 5) is 0. The minimum Gasteiger partial charge on any atom is -0.0616 e. The number of rotatable bonds is 0. The summed E-state index contributed by atoms with van der Waals surface area (Å²) in [5.41, 5.74) is 17.8. The molecule has 0 aromatic heterocycles. The van der Waals surface area contributed by atoms with Crippen molar-refractivity contribution in [3.63, 3.8) is 0 Å². The van der Waals surface area contributed by atoms with Gasteiger partial charge in [-0.25, -0.2) is 0 Å². The summed E-state index contributed by atoms with van der Waals surface area (Å²) in [6.45, 7) is 19.6. The van der Waals surface area contributed by atoms with Crippen molar-refractivity contribution in [2.75, 3.05) is 0 Å². The van der Waals surface area contributed by atoms with Crippen LogP contribution in [0.5, 0.6) is 0 Å². The zero-order valence-electron chi connectivity index (χ0n) is 25.8. The summed E-state index contributed by atoms with van der Waals surface area (Å²) in [7, 11) is 0. The van der Waals surface area contributed by atoms with Crippen LogP contribution in [0.1, 0.15) is 103 Å². The van der Waals surface area contributed by atoms with Gasteiger partial charge in [-0.1, -0.05) is 104 Å². The average molecular weight is 525 g/mol. The first kappa shape index (κ1) is 25.8. The molecule has 0 spiro atoms. The fourth-order valence-electron chi connectivity index (χ4n) is 8.02. The van der Waals surface area contributed by atoms with E-state index in [0.29, 0.717) is 0 Å². The van der Waals surface area contributed by atoms with Gasteiger partial charge < -0.3 is 0 Å². The van der Waals surface area contributed by atoms with Crippen molar-refractivity contribution < 1.29 is 0 Å². The Bertz CT molecular complexity index is 1560. The normalized spacial score (nSPS) is 20.4. The smallest absolute Gasteiger partial charge is 0.00957 e. The molecule has 0 saturated carbocycles. The predicted molar refractivity (Wildman–Crippen MR) is 172 cm³/mol. The van der Waals surface area contributed by atoms with Crippen LogP contribution in [0.3, 0.4) is 0 Å². The van der Waals surface area contributed by atoms with Gasteiger partial charge in [0, 0.05) is 0 Å². The largest absolute Gasteiger partial charge is 0.0616 e. The number of fused-ring (bicyclic) bond motifs is 10. The molecule has 0 heteroatoms. The van der Waals surface area contributed by atoms with Gasteiger partial charge in [0.05, 0.1) is 0 Å². The summed E-state index contributed by atoms with van der Waals surface area (Å²) in [6, 6.07) is 28.7. The Kier molecular flexibility index (Phi) is 5.31. The molecular weight excluding hydrogens is 480 g/mol. The third kappa shape index (κ3) is 3.64. The van der Waals surface area contributed by atoms with E-state index in [0.717, 1.165) is 0 Å². The Labute approximate surface area is 241 Å². The van der Waals surface area contributed by atoms with E-state index in [1.165, 1.54) is 92.4 Å². The lowest BCUT2D eigenvalue weighted by molar-refractivity contribution is 0.331. The quantitative estimate of drug-likeness (QED) is 0.189. The first-order chi connectivity index (χ1) is 18.8. The van der Waals surface area contributed by atoms with Gasteiger partial charge in [-0.2, -0.15) is 0 Å².